The second-order valence-corrected chi connectivity index (χ2v) is 7.07. The third-order valence-corrected chi connectivity index (χ3v) is 3.76. The van der Waals surface area contributed by atoms with Gasteiger partial charge in [0.1, 0.15) is 0 Å². The summed E-state index contributed by atoms with van der Waals surface area (Å²) in [5.41, 5.74) is 1.81. The molecule has 1 heterocycles. The number of thioether (sulfide) groups is 1. The molecule has 118 valence electrons. The summed E-state index contributed by atoms with van der Waals surface area (Å²) in [5.74, 6) is 6.80. The van der Waals surface area contributed by atoms with Crippen LogP contribution in [0.2, 0.25) is 0 Å². The van der Waals surface area contributed by atoms with Crippen LogP contribution in [0, 0.1) is 6.92 Å². The summed E-state index contributed by atoms with van der Waals surface area (Å²) in [6.07, 6.45) is 0. The number of hydrogen-bond donors (Lipinski definition) is 2. The summed E-state index contributed by atoms with van der Waals surface area (Å²) in [6.45, 7) is 7.84. The van der Waals surface area contributed by atoms with E-state index in [0.717, 1.165) is 5.56 Å². The van der Waals surface area contributed by atoms with Gasteiger partial charge in [-0.05, 0) is 27.7 Å². The summed E-state index contributed by atoms with van der Waals surface area (Å²) < 4.78 is 1.42. The molecule has 7 heteroatoms. The first-order valence-electron chi connectivity index (χ1n) is 6.97. The van der Waals surface area contributed by atoms with Gasteiger partial charge in [-0.1, -0.05) is 41.6 Å². The van der Waals surface area contributed by atoms with Crippen molar-refractivity contribution in [1.29, 1.82) is 0 Å². The molecule has 0 unspecified atom stereocenters. The lowest BCUT2D eigenvalue weighted by Gasteiger charge is -2.20. The Morgan fingerprint density at radius 1 is 1.27 bits per heavy atom. The Labute approximate surface area is 134 Å². The lowest BCUT2D eigenvalue weighted by Crippen LogP contribution is -2.41. The van der Waals surface area contributed by atoms with E-state index < -0.39 is 0 Å². The van der Waals surface area contributed by atoms with Crippen LogP contribution in [-0.4, -0.2) is 32.1 Å². The van der Waals surface area contributed by atoms with Crippen LogP contribution in [0.25, 0.3) is 11.4 Å². The minimum Gasteiger partial charge on any atom is -0.351 e. The number of benzene rings is 1. The molecule has 0 saturated heterocycles. The van der Waals surface area contributed by atoms with Crippen LogP contribution in [-0.2, 0) is 4.79 Å². The molecule has 0 atom stereocenters. The standard InChI is InChI=1S/C15H21N5OS/c1-10-5-7-11(8-6-10)13-18-19-14(20(13)16)22-9-12(21)17-15(2,3)4/h5-8H,9,16H2,1-4H3,(H,17,21). The van der Waals surface area contributed by atoms with Gasteiger partial charge in [0.2, 0.25) is 11.1 Å². The Bertz CT molecular complexity index is 658. The monoisotopic (exact) mass is 319 g/mol. The molecule has 3 N–H and O–H groups in total. The maximum Gasteiger partial charge on any atom is 0.230 e. The van der Waals surface area contributed by atoms with Crippen LogP contribution in [0.5, 0.6) is 0 Å². The summed E-state index contributed by atoms with van der Waals surface area (Å²) >= 11 is 1.27. The third kappa shape index (κ3) is 4.24. The van der Waals surface area contributed by atoms with Gasteiger partial charge in [0.15, 0.2) is 5.82 Å². The molecular formula is C15H21N5OS. The third-order valence-electron chi connectivity index (χ3n) is 2.82. The summed E-state index contributed by atoms with van der Waals surface area (Å²) in [6, 6.07) is 7.88. The van der Waals surface area contributed by atoms with E-state index in [1.165, 1.54) is 22.0 Å². The van der Waals surface area contributed by atoms with E-state index in [-0.39, 0.29) is 17.2 Å². The number of rotatable bonds is 4. The molecule has 1 aromatic carbocycles. The van der Waals surface area contributed by atoms with Crippen molar-refractivity contribution in [3.63, 3.8) is 0 Å². The van der Waals surface area contributed by atoms with E-state index in [4.69, 9.17) is 5.84 Å². The number of carbonyl (C=O) groups is 1. The normalized spacial score (nSPS) is 11.5. The maximum absolute atomic E-state index is 11.8. The zero-order chi connectivity index (χ0) is 16.3. The Hall–Kier alpha value is -2.02. The number of nitrogens with two attached hydrogens (primary N) is 1. The average Bonchev–Trinajstić information content (AvgIpc) is 2.77. The molecule has 2 rings (SSSR count). The van der Waals surface area contributed by atoms with Crippen molar-refractivity contribution < 1.29 is 4.79 Å². The number of amides is 1. The van der Waals surface area contributed by atoms with E-state index in [1.807, 2.05) is 52.0 Å². The van der Waals surface area contributed by atoms with E-state index >= 15 is 0 Å². The Morgan fingerprint density at radius 2 is 1.91 bits per heavy atom. The Kier molecular flexibility index (Phi) is 4.75. The van der Waals surface area contributed by atoms with Gasteiger partial charge < -0.3 is 11.2 Å². The molecule has 6 nitrogen and oxygen atoms in total. The molecule has 0 fully saturated rings. The van der Waals surface area contributed by atoms with Crippen molar-refractivity contribution in [3.05, 3.63) is 29.8 Å². The molecule has 0 aliphatic rings. The zero-order valence-corrected chi connectivity index (χ0v) is 14.1. The highest BCUT2D eigenvalue weighted by atomic mass is 32.2. The number of carbonyl (C=O) groups excluding carboxylic acids is 1. The van der Waals surface area contributed by atoms with Gasteiger partial charge in [-0.15, -0.1) is 10.2 Å². The van der Waals surface area contributed by atoms with Crippen LogP contribution in [0.4, 0.5) is 0 Å². The van der Waals surface area contributed by atoms with Crippen molar-refractivity contribution in [2.75, 3.05) is 11.6 Å². The van der Waals surface area contributed by atoms with Gasteiger partial charge >= 0.3 is 0 Å². The molecule has 0 saturated carbocycles. The highest BCUT2D eigenvalue weighted by Gasteiger charge is 2.16. The first-order valence-corrected chi connectivity index (χ1v) is 7.96. The summed E-state index contributed by atoms with van der Waals surface area (Å²) in [5, 5.41) is 11.6. The maximum atomic E-state index is 11.8. The van der Waals surface area contributed by atoms with Crippen molar-refractivity contribution in [3.8, 4) is 11.4 Å². The molecule has 2 aromatic rings. The fourth-order valence-corrected chi connectivity index (χ4v) is 2.52. The second-order valence-electron chi connectivity index (χ2n) is 6.13. The second kappa shape index (κ2) is 6.39. The first kappa shape index (κ1) is 16.4. The van der Waals surface area contributed by atoms with Crippen LogP contribution < -0.4 is 11.2 Å². The molecule has 0 aliphatic carbocycles. The van der Waals surface area contributed by atoms with Crippen molar-refractivity contribution in [2.45, 2.75) is 38.4 Å². The highest BCUT2D eigenvalue weighted by Crippen LogP contribution is 2.21. The zero-order valence-electron chi connectivity index (χ0n) is 13.3. The number of aryl methyl sites for hydroxylation is 1. The van der Waals surface area contributed by atoms with Crippen molar-refractivity contribution in [2.24, 2.45) is 0 Å². The van der Waals surface area contributed by atoms with Crippen LogP contribution in [0.15, 0.2) is 29.4 Å². The van der Waals surface area contributed by atoms with Gasteiger partial charge in [0.25, 0.3) is 0 Å². The van der Waals surface area contributed by atoms with Gasteiger partial charge in [-0.2, -0.15) is 0 Å². The quantitative estimate of drug-likeness (QED) is 0.665. The number of nitrogen functional groups attached to an aromatic ring is 1. The molecule has 0 spiro atoms. The Balaban J connectivity index is 2.05. The van der Waals surface area contributed by atoms with E-state index in [9.17, 15) is 4.79 Å². The first-order chi connectivity index (χ1) is 10.3. The van der Waals surface area contributed by atoms with Crippen molar-refractivity contribution >= 4 is 17.7 Å². The minimum absolute atomic E-state index is 0.0580. The highest BCUT2D eigenvalue weighted by molar-refractivity contribution is 7.99. The van der Waals surface area contributed by atoms with Crippen LogP contribution >= 0.6 is 11.8 Å². The molecule has 1 aromatic heterocycles. The van der Waals surface area contributed by atoms with Crippen LogP contribution in [0.3, 0.4) is 0 Å². The van der Waals surface area contributed by atoms with Crippen LogP contribution in [0.1, 0.15) is 26.3 Å². The summed E-state index contributed by atoms with van der Waals surface area (Å²) in [7, 11) is 0. The molecular weight excluding hydrogens is 298 g/mol. The molecule has 0 bridgehead atoms. The van der Waals surface area contributed by atoms with Crippen molar-refractivity contribution in [1.82, 2.24) is 20.2 Å². The lowest BCUT2D eigenvalue weighted by molar-refractivity contribution is -0.119. The van der Waals surface area contributed by atoms with Gasteiger partial charge in [0.05, 0.1) is 5.75 Å². The topological polar surface area (TPSA) is 85.8 Å². The van der Waals surface area contributed by atoms with Gasteiger partial charge in [0, 0.05) is 11.1 Å². The van der Waals surface area contributed by atoms with E-state index in [1.54, 1.807) is 0 Å². The summed E-state index contributed by atoms with van der Waals surface area (Å²) in [4.78, 5) is 11.8. The average molecular weight is 319 g/mol. The van der Waals surface area contributed by atoms with Gasteiger partial charge in [-0.3, -0.25) is 4.79 Å². The molecule has 22 heavy (non-hydrogen) atoms. The minimum atomic E-state index is -0.249. The smallest absolute Gasteiger partial charge is 0.230 e. The largest absolute Gasteiger partial charge is 0.351 e. The number of nitrogens with zero attached hydrogens (tertiary/aromatic N) is 3. The fourth-order valence-electron chi connectivity index (χ4n) is 1.86. The predicted molar refractivity (Wildman–Crippen MR) is 89.0 cm³/mol. The fraction of sp³-hybridized carbons (Fsp3) is 0.400. The number of hydrogen-bond acceptors (Lipinski definition) is 5. The molecule has 0 aliphatic heterocycles. The van der Waals surface area contributed by atoms with E-state index in [2.05, 4.69) is 15.5 Å². The van der Waals surface area contributed by atoms with Gasteiger partial charge in [-0.25, -0.2) is 4.68 Å². The van der Waals surface area contributed by atoms with E-state index in [0.29, 0.717) is 11.0 Å². The number of aromatic nitrogens is 3. The number of nitrogens with one attached hydrogen (secondary N) is 1. The molecule has 0 radical (unpaired) electrons. The predicted octanol–water partition coefficient (Wildman–Crippen LogP) is 1.97. The lowest BCUT2D eigenvalue weighted by atomic mass is 10.1. The Morgan fingerprint density at radius 3 is 2.50 bits per heavy atom. The SMILES string of the molecule is Cc1ccc(-c2nnc(SCC(=O)NC(C)(C)C)n2N)cc1. The molecule has 1 amide bonds.